The van der Waals surface area contributed by atoms with Gasteiger partial charge in [0.1, 0.15) is 0 Å². The van der Waals surface area contributed by atoms with Gasteiger partial charge in [-0.05, 0) is 116 Å². The van der Waals surface area contributed by atoms with Crippen molar-refractivity contribution < 1.29 is 0 Å². The summed E-state index contributed by atoms with van der Waals surface area (Å²) in [4.78, 5) is 3.88. The SMILES string of the molecule is CS(C)(C)c1ccc(-c2ccc(N(c3ccc(-c4ccccc4)cc3)c3cccc4c3-c3ccccc3C4(c3ccccc3)c3ccccc3)cc2)cc1. The summed E-state index contributed by atoms with van der Waals surface area (Å²) in [6, 6.07) is 75.9. The van der Waals surface area contributed by atoms with Crippen LogP contribution in [0.15, 0.2) is 211 Å². The highest BCUT2D eigenvalue weighted by Gasteiger charge is 2.47. The summed E-state index contributed by atoms with van der Waals surface area (Å²) in [5, 5.41) is 0. The first-order valence-corrected chi connectivity index (χ1v) is 21.5. The molecule has 0 aliphatic heterocycles. The van der Waals surface area contributed by atoms with E-state index >= 15 is 0 Å². The molecular weight excluding hydrogens is 671 g/mol. The van der Waals surface area contributed by atoms with Crippen molar-refractivity contribution in [2.45, 2.75) is 10.3 Å². The standard InChI is InChI=1S/C52H43NS/c1-54(2,3)46-36-30-41(31-37-46)40-28-34-45(35-29-40)53(44-32-26-39(27-33-44)38-16-7-4-8-17-38)50-25-15-24-49-51(50)47-22-13-14-23-48(47)52(49,42-18-9-5-10-19-42)43-20-11-6-12-21-43/h4-37H,1-3H3. The second-order valence-electron chi connectivity index (χ2n) is 14.9. The predicted molar refractivity (Wildman–Crippen MR) is 233 cm³/mol. The van der Waals surface area contributed by atoms with Gasteiger partial charge >= 0.3 is 0 Å². The van der Waals surface area contributed by atoms with Crippen molar-refractivity contribution >= 4 is 27.1 Å². The Morgan fingerprint density at radius 1 is 0.370 bits per heavy atom. The van der Waals surface area contributed by atoms with E-state index in [1.807, 2.05) is 0 Å². The van der Waals surface area contributed by atoms with Gasteiger partial charge in [-0.25, -0.2) is 10.0 Å². The van der Waals surface area contributed by atoms with E-state index in [0.29, 0.717) is 0 Å². The molecule has 1 aliphatic carbocycles. The van der Waals surface area contributed by atoms with Gasteiger partial charge in [-0.1, -0.05) is 164 Å². The first kappa shape index (κ1) is 33.7. The summed E-state index contributed by atoms with van der Waals surface area (Å²) in [7, 11) is -0.779. The first-order chi connectivity index (χ1) is 26.4. The van der Waals surface area contributed by atoms with E-state index in [1.54, 1.807) is 0 Å². The van der Waals surface area contributed by atoms with Gasteiger partial charge < -0.3 is 4.90 Å². The van der Waals surface area contributed by atoms with Crippen LogP contribution in [0.5, 0.6) is 0 Å². The highest BCUT2D eigenvalue weighted by molar-refractivity contribution is 8.32. The molecule has 8 aromatic rings. The van der Waals surface area contributed by atoms with Crippen LogP contribution in [0.25, 0.3) is 33.4 Å². The number of hydrogen-bond donors (Lipinski definition) is 0. The van der Waals surface area contributed by atoms with Gasteiger partial charge in [-0.2, -0.15) is 0 Å². The second kappa shape index (κ2) is 13.7. The third-order valence-electron chi connectivity index (χ3n) is 11.0. The zero-order chi connectivity index (χ0) is 36.7. The lowest BCUT2D eigenvalue weighted by atomic mass is 9.68. The Morgan fingerprint density at radius 3 is 1.31 bits per heavy atom. The van der Waals surface area contributed by atoms with Crippen molar-refractivity contribution in [1.82, 2.24) is 0 Å². The quantitative estimate of drug-likeness (QED) is 0.152. The van der Waals surface area contributed by atoms with Crippen molar-refractivity contribution in [3.05, 3.63) is 229 Å². The summed E-state index contributed by atoms with van der Waals surface area (Å²) in [6.07, 6.45) is 7.04. The molecule has 1 nitrogen and oxygen atoms in total. The molecule has 54 heavy (non-hydrogen) atoms. The van der Waals surface area contributed by atoms with Gasteiger partial charge in [0, 0.05) is 16.9 Å². The normalized spacial score (nSPS) is 13.2. The molecule has 1 aliphatic rings. The molecule has 0 spiro atoms. The lowest BCUT2D eigenvalue weighted by Gasteiger charge is -2.34. The average molecular weight is 714 g/mol. The highest BCUT2D eigenvalue weighted by Crippen LogP contribution is 2.59. The number of nitrogens with zero attached hydrogens (tertiary/aromatic N) is 1. The van der Waals surface area contributed by atoms with Gasteiger partial charge in [0.05, 0.1) is 11.1 Å². The fourth-order valence-corrected chi connectivity index (χ4v) is 9.33. The smallest absolute Gasteiger partial charge is 0.0714 e. The Labute approximate surface area is 321 Å². The molecule has 262 valence electrons. The van der Waals surface area contributed by atoms with E-state index in [9.17, 15) is 0 Å². The minimum absolute atomic E-state index is 0.474. The molecule has 0 radical (unpaired) electrons. The molecule has 0 amide bonds. The zero-order valence-corrected chi connectivity index (χ0v) is 31.8. The molecule has 0 unspecified atom stereocenters. The maximum absolute atomic E-state index is 2.45. The number of rotatable bonds is 8. The lowest BCUT2D eigenvalue weighted by Crippen LogP contribution is -2.28. The van der Waals surface area contributed by atoms with Crippen LogP contribution in [-0.4, -0.2) is 18.8 Å². The summed E-state index contributed by atoms with van der Waals surface area (Å²) in [5.74, 6) is 0. The second-order valence-corrected chi connectivity index (χ2v) is 19.0. The zero-order valence-electron chi connectivity index (χ0n) is 31.0. The van der Waals surface area contributed by atoms with Crippen molar-refractivity contribution in [3.8, 4) is 33.4 Å². The molecule has 0 bridgehead atoms. The van der Waals surface area contributed by atoms with E-state index in [2.05, 4.69) is 230 Å². The molecular formula is C52H43NS. The largest absolute Gasteiger partial charge is 0.310 e. The number of benzene rings is 8. The summed E-state index contributed by atoms with van der Waals surface area (Å²) in [6.45, 7) is 0. The molecule has 0 saturated carbocycles. The number of hydrogen-bond acceptors (Lipinski definition) is 1. The Bertz CT molecular complexity index is 2490. The third-order valence-corrected chi connectivity index (χ3v) is 12.6. The topological polar surface area (TPSA) is 3.24 Å². The van der Waals surface area contributed by atoms with Gasteiger partial charge in [0.15, 0.2) is 0 Å². The summed E-state index contributed by atoms with van der Waals surface area (Å²) < 4.78 is 0. The maximum atomic E-state index is 2.45. The van der Waals surface area contributed by atoms with E-state index < -0.39 is 15.4 Å². The van der Waals surface area contributed by atoms with Crippen LogP contribution in [0.3, 0.4) is 0 Å². The molecule has 8 aromatic carbocycles. The monoisotopic (exact) mass is 713 g/mol. The van der Waals surface area contributed by atoms with Crippen LogP contribution >= 0.6 is 10.0 Å². The molecule has 2 heteroatoms. The van der Waals surface area contributed by atoms with Crippen LogP contribution in [0, 0.1) is 0 Å². The lowest BCUT2D eigenvalue weighted by molar-refractivity contribution is 0.768. The van der Waals surface area contributed by atoms with Crippen LogP contribution < -0.4 is 4.90 Å². The minimum atomic E-state index is -0.779. The minimum Gasteiger partial charge on any atom is -0.310 e. The molecule has 9 rings (SSSR count). The number of fused-ring (bicyclic) bond motifs is 3. The molecule has 0 N–H and O–H groups in total. The fraction of sp³-hybridized carbons (Fsp3) is 0.0769. The van der Waals surface area contributed by atoms with Crippen molar-refractivity contribution in [3.63, 3.8) is 0 Å². The van der Waals surface area contributed by atoms with E-state index in [0.717, 1.165) is 17.1 Å². The molecule has 0 fully saturated rings. The van der Waals surface area contributed by atoms with E-state index in [4.69, 9.17) is 0 Å². The Morgan fingerprint density at radius 2 is 0.796 bits per heavy atom. The Balaban J connectivity index is 1.25. The van der Waals surface area contributed by atoms with Gasteiger partial charge in [0.2, 0.25) is 0 Å². The van der Waals surface area contributed by atoms with Crippen LogP contribution in [0.4, 0.5) is 17.1 Å². The van der Waals surface area contributed by atoms with Crippen LogP contribution in [0.1, 0.15) is 22.3 Å². The van der Waals surface area contributed by atoms with Crippen molar-refractivity contribution in [2.75, 3.05) is 23.7 Å². The van der Waals surface area contributed by atoms with Gasteiger partial charge in [-0.3, -0.25) is 0 Å². The maximum Gasteiger partial charge on any atom is 0.0714 e. The van der Waals surface area contributed by atoms with Gasteiger partial charge in [0.25, 0.3) is 0 Å². The molecule has 0 heterocycles. The van der Waals surface area contributed by atoms with E-state index in [-0.39, 0.29) is 0 Å². The fourth-order valence-electron chi connectivity index (χ4n) is 8.38. The molecule has 0 atom stereocenters. The Kier molecular flexibility index (Phi) is 8.57. The van der Waals surface area contributed by atoms with E-state index in [1.165, 1.54) is 60.5 Å². The van der Waals surface area contributed by atoms with Crippen LogP contribution in [-0.2, 0) is 5.41 Å². The third kappa shape index (κ3) is 5.75. The van der Waals surface area contributed by atoms with Crippen LogP contribution in [0.2, 0.25) is 0 Å². The van der Waals surface area contributed by atoms with Crippen molar-refractivity contribution in [1.29, 1.82) is 0 Å². The van der Waals surface area contributed by atoms with Crippen molar-refractivity contribution in [2.24, 2.45) is 0 Å². The first-order valence-electron chi connectivity index (χ1n) is 18.6. The summed E-state index contributed by atoms with van der Waals surface area (Å²) in [5.41, 5.74) is 15.4. The average Bonchev–Trinajstić information content (AvgIpc) is 3.54. The van der Waals surface area contributed by atoms with Gasteiger partial charge in [-0.15, -0.1) is 0 Å². The summed E-state index contributed by atoms with van der Waals surface area (Å²) >= 11 is 0. The number of anilines is 3. The predicted octanol–water partition coefficient (Wildman–Crippen LogP) is 13.9. The Hall–Kier alpha value is -6.09. The molecule has 0 saturated heterocycles. The highest BCUT2D eigenvalue weighted by atomic mass is 32.3. The molecule has 0 aromatic heterocycles.